The first-order valence-electron chi connectivity index (χ1n) is 6.03. The van der Waals surface area contributed by atoms with Gasteiger partial charge in [0.05, 0.1) is 25.4 Å². The maximum absolute atomic E-state index is 11.4. The van der Waals surface area contributed by atoms with E-state index >= 15 is 0 Å². The molecule has 0 aliphatic heterocycles. The summed E-state index contributed by atoms with van der Waals surface area (Å²) in [6.45, 7) is 17.0. The van der Waals surface area contributed by atoms with E-state index in [4.69, 9.17) is 14.6 Å². The minimum Gasteiger partial charge on any atom is -0.478 e. The lowest BCUT2D eigenvalue weighted by Crippen LogP contribution is -2.20. The summed E-state index contributed by atoms with van der Waals surface area (Å²) in [6, 6.07) is 0. The van der Waals surface area contributed by atoms with Crippen LogP contribution in [-0.2, 0) is 19.1 Å². The molecule has 0 atom stereocenters. The van der Waals surface area contributed by atoms with Gasteiger partial charge in [0.1, 0.15) is 0 Å². The van der Waals surface area contributed by atoms with Crippen LogP contribution in [0.15, 0.2) is 37.5 Å². The number of carboxylic acid groups (broad SMARTS) is 1. The average molecular weight is 284 g/mol. The zero-order valence-corrected chi connectivity index (χ0v) is 12.5. The summed E-state index contributed by atoms with van der Waals surface area (Å²) in [5, 5.41) is 7.60. The predicted octanol–water partition coefficient (Wildman–Crippen LogP) is 2.59. The zero-order chi connectivity index (χ0) is 16.2. The van der Waals surface area contributed by atoms with E-state index in [0.717, 1.165) is 6.08 Å². The monoisotopic (exact) mass is 284 g/mol. The van der Waals surface area contributed by atoms with E-state index < -0.39 is 11.9 Å². The first-order chi connectivity index (χ1) is 9.14. The van der Waals surface area contributed by atoms with Gasteiger partial charge in [-0.2, -0.15) is 0 Å². The molecular formula is C15H24O5. The van der Waals surface area contributed by atoms with Crippen LogP contribution in [0.1, 0.15) is 20.8 Å². The fourth-order valence-electron chi connectivity index (χ4n) is 0.708. The first-order valence-corrected chi connectivity index (χ1v) is 6.03. The molecule has 0 fully saturated rings. The zero-order valence-electron chi connectivity index (χ0n) is 12.5. The number of carbonyl (C=O) groups excluding carboxylic acids is 1. The molecule has 0 bridgehead atoms. The first kappa shape index (κ1) is 20.4. The number of carboxylic acids is 1. The number of hydrogen-bond donors (Lipinski definition) is 1. The lowest BCUT2D eigenvalue weighted by Gasteiger charge is -2.18. The van der Waals surface area contributed by atoms with Crippen molar-refractivity contribution in [2.75, 3.05) is 19.8 Å². The molecule has 0 amide bonds. The van der Waals surface area contributed by atoms with Gasteiger partial charge in [-0.3, -0.25) is 0 Å². The minimum absolute atomic E-state index is 0.0298. The summed E-state index contributed by atoms with van der Waals surface area (Å²) in [5.41, 5.74) is 0.305. The molecule has 0 saturated heterocycles. The fraction of sp³-hybridized carbons (Fsp3) is 0.467. The Balaban J connectivity index is 0. The van der Waals surface area contributed by atoms with Gasteiger partial charge in [-0.1, -0.05) is 40.0 Å². The normalized spacial score (nSPS) is 9.75. The molecule has 0 aromatic carbocycles. The SMILES string of the molecule is C=CC(=O)O.C=CCOCC(=C)C(=O)OCC(C)(C)C. The smallest absolute Gasteiger partial charge is 0.335 e. The van der Waals surface area contributed by atoms with Crippen molar-refractivity contribution < 1.29 is 24.2 Å². The third-order valence-electron chi connectivity index (χ3n) is 1.61. The third kappa shape index (κ3) is 16.1. The van der Waals surface area contributed by atoms with Gasteiger partial charge in [0.25, 0.3) is 0 Å². The predicted molar refractivity (Wildman–Crippen MR) is 78.4 cm³/mol. The summed E-state index contributed by atoms with van der Waals surface area (Å²) in [4.78, 5) is 20.6. The molecule has 0 aromatic heterocycles. The van der Waals surface area contributed by atoms with E-state index in [1.165, 1.54) is 0 Å². The Morgan fingerprint density at radius 1 is 1.25 bits per heavy atom. The molecule has 0 unspecified atom stereocenters. The van der Waals surface area contributed by atoms with Crippen LogP contribution in [0.25, 0.3) is 0 Å². The van der Waals surface area contributed by atoms with Gasteiger partial charge in [0.15, 0.2) is 0 Å². The summed E-state index contributed by atoms with van der Waals surface area (Å²) in [7, 11) is 0. The van der Waals surface area contributed by atoms with Crippen molar-refractivity contribution >= 4 is 11.9 Å². The second-order valence-electron chi connectivity index (χ2n) is 5.09. The highest BCUT2D eigenvalue weighted by Crippen LogP contribution is 2.13. The number of hydrogen-bond acceptors (Lipinski definition) is 4. The van der Waals surface area contributed by atoms with Crippen molar-refractivity contribution in [2.24, 2.45) is 5.41 Å². The van der Waals surface area contributed by atoms with Crippen LogP contribution in [0.3, 0.4) is 0 Å². The molecule has 0 aromatic rings. The fourth-order valence-corrected chi connectivity index (χ4v) is 0.708. The van der Waals surface area contributed by atoms with E-state index in [1.807, 2.05) is 20.8 Å². The molecule has 1 N–H and O–H groups in total. The summed E-state index contributed by atoms with van der Waals surface area (Å²) in [6.07, 6.45) is 2.45. The highest BCUT2D eigenvalue weighted by atomic mass is 16.5. The van der Waals surface area contributed by atoms with E-state index in [9.17, 15) is 9.59 Å². The van der Waals surface area contributed by atoms with Crippen LogP contribution in [0.4, 0.5) is 0 Å². The van der Waals surface area contributed by atoms with Crippen LogP contribution >= 0.6 is 0 Å². The average Bonchev–Trinajstić information content (AvgIpc) is 2.35. The Hall–Kier alpha value is -1.88. The van der Waals surface area contributed by atoms with E-state index in [1.54, 1.807) is 6.08 Å². The highest BCUT2D eigenvalue weighted by molar-refractivity contribution is 5.87. The molecule has 114 valence electrons. The largest absolute Gasteiger partial charge is 0.478 e. The number of rotatable bonds is 7. The molecule has 5 nitrogen and oxygen atoms in total. The minimum atomic E-state index is -0.981. The van der Waals surface area contributed by atoms with Gasteiger partial charge in [0.2, 0.25) is 0 Å². The number of ether oxygens (including phenoxy) is 2. The summed E-state index contributed by atoms with van der Waals surface area (Å²) >= 11 is 0. The van der Waals surface area contributed by atoms with Gasteiger partial charge in [-0.25, -0.2) is 9.59 Å². The highest BCUT2D eigenvalue weighted by Gasteiger charge is 2.15. The van der Waals surface area contributed by atoms with Crippen LogP contribution < -0.4 is 0 Å². The molecule has 0 radical (unpaired) electrons. The summed E-state index contributed by atoms with van der Waals surface area (Å²) in [5.74, 6) is -1.38. The van der Waals surface area contributed by atoms with Crippen LogP contribution in [0, 0.1) is 5.41 Å². The van der Waals surface area contributed by atoms with Crippen molar-refractivity contribution in [3.05, 3.63) is 37.5 Å². The van der Waals surface area contributed by atoms with E-state index in [-0.39, 0.29) is 12.0 Å². The van der Waals surface area contributed by atoms with Crippen LogP contribution in [0.5, 0.6) is 0 Å². The standard InChI is InChI=1S/C12H20O3.C3H4O2/c1-6-7-14-8-10(2)11(13)15-9-12(3,4)5;1-2-3(4)5/h6H,1-2,7-9H2,3-5H3;2H,1H2,(H,4,5). The number of aliphatic carboxylic acids is 1. The number of esters is 1. The maximum Gasteiger partial charge on any atom is 0.335 e. The van der Waals surface area contributed by atoms with Gasteiger partial charge in [-0.15, -0.1) is 6.58 Å². The maximum atomic E-state index is 11.4. The second-order valence-corrected chi connectivity index (χ2v) is 5.09. The molecular weight excluding hydrogens is 260 g/mol. The van der Waals surface area contributed by atoms with Crippen molar-refractivity contribution in [1.29, 1.82) is 0 Å². The number of carbonyl (C=O) groups is 2. The Morgan fingerprint density at radius 2 is 1.75 bits per heavy atom. The van der Waals surface area contributed by atoms with Crippen molar-refractivity contribution in [1.82, 2.24) is 0 Å². The Labute approximate surface area is 120 Å². The van der Waals surface area contributed by atoms with E-state index in [2.05, 4.69) is 19.7 Å². The molecule has 0 spiro atoms. The second kappa shape index (κ2) is 11.0. The van der Waals surface area contributed by atoms with Crippen LogP contribution in [0.2, 0.25) is 0 Å². The van der Waals surface area contributed by atoms with Gasteiger partial charge >= 0.3 is 11.9 Å². The van der Waals surface area contributed by atoms with Crippen molar-refractivity contribution in [3.8, 4) is 0 Å². The molecule has 0 heterocycles. The topological polar surface area (TPSA) is 72.8 Å². The lowest BCUT2D eigenvalue weighted by atomic mass is 9.99. The van der Waals surface area contributed by atoms with Gasteiger partial charge < -0.3 is 14.6 Å². The Kier molecular flexibility index (Phi) is 11.2. The quantitative estimate of drug-likeness (QED) is 0.337. The Morgan fingerprint density at radius 3 is 2.10 bits per heavy atom. The lowest BCUT2D eigenvalue weighted by molar-refractivity contribution is -0.142. The molecule has 0 saturated carbocycles. The van der Waals surface area contributed by atoms with Gasteiger partial charge in [-0.05, 0) is 5.41 Å². The van der Waals surface area contributed by atoms with Crippen molar-refractivity contribution in [3.63, 3.8) is 0 Å². The molecule has 20 heavy (non-hydrogen) atoms. The molecule has 0 aliphatic carbocycles. The Bertz CT molecular complexity index is 350. The molecule has 0 aliphatic rings. The van der Waals surface area contributed by atoms with Crippen molar-refractivity contribution in [2.45, 2.75) is 20.8 Å². The molecule has 5 heteroatoms. The van der Waals surface area contributed by atoms with E-state index in [0.29, 0.717) is 18.8 Å². The third-order valence-corrected chi connectivity index (χ3v) is 1.61. The summed E-state index contributed by atoms with van der Waals surface area (Å²) < 4.78 is 10.1. The van der Waals surface area contributed by atoms with Gasteiger partial charge in [0, 0.05) is 6.08 Å². The molecule has 0 rings (SSSR count). The van der Waals surface area contributed by atoms with Crippen LogP contribution in [-0.4, -0.2) is 36.9 Å².